The van der Waals surface area contributed by atoms with Crippen molar-refractivity contribution in [3.05, 3.63) is 40.9 Å². The van der Waals surface area contributed by atoms with Crippen LogP contribution in [0.2, 0.25) is 0 Å². The Morgan fingerprint density at radius 2 is 1.96 bits per heavy atom. The molecular formula is C21H31N5S. The minimum absolute atomic E-state index is 0.494. The molecule has 0 aliphatic carbocycles. The standard InChI is InChI=1S/C21H31N5S/c1-15(2)26-12-10-18(11-13-26)25-21(22-4)23-14-19-16(3)24-20(27-19)17-8-6-5-7-9-17/h5-9,15,18H,10-14H2,1-4H3,(H2,22,23,25). The molecule has 0 unspecified atom stereocenters. The quantitative estimate of drug-likeness (QED) is 0.609. The van der Waals surface area contributed by atoms with Gasteiger partial charge in [0.2, 0.25) is 0 Å². The Hall–Kier alpha value is -1.92. The van der Waals surface area contributed by atoms with Crippen molar-refractivity contribution in [2.45, 2.75) is 52.2 Å². The molecule has 2 aromatic rings. The van der Waals surface area contributed by atoms with Gasteiger partial charge in [0, 0.05) is 42.7 Å². The number of aromatic nitrogens is 1. The van der Waals surface area contributed by atoms with Crippen molar-refractivity contribution in [1.29, 1.82) is 0 Å². The summed E-state index contributed by atoms with van der Waals surface area (Å²) >= 11 is 1.75. The average molecular weight is 386 g/mol. The third-order valence-electron chi connectivity index (χ3n) is 5.15. The number of aliphatic imine (C=N–C) groups is 1. The maximum absolute atomic E-state index is 4.74. The number of guanidine groups is 1. The second kappa shape index (κ2) is 9.33. The van der Waals surface area contributed by atoms with E-state index in [1.54, 1.807) is 11.3 Å². The number of likely N-dealkylation sites (tertiary alicyclic amines) is 1. The lowest BCUT2D eigenvalue weighted by molar-refractivity contribution is 0.167. The molecule has 0 spiro atoms. The van der Waals surface area contributed by atoms with E-state index in [2.05, 4.69) is 65.6 Å². The van der Waals surface area contributed by atoms with Gasteiger partial charge in [0.05, 0.1) is 12.2 Å². The van der Waals surface area contributed by atoms with Crippen molar-refractivity contribution >= 4 is 17.3 Å². The fourth-order valence-electron chi connectivity index (χ4n) is 3.41. The second-order valence-electron chi connectivity index (χ2n) is 7.37. The zero-order valence-electron chi connectivity index (χ0n) is 16.8. The number of hydrogen-bond donors (Lipinski definition) is 2. The lowest BCUT2D eigenvalue weighted by Gasteiger charge is -2.35. The number of hydrogen-bond acceptors (Lipinski definition) is 4. The summed E-state index contributed by atoms with van der Waals surface area (Å²) in [5.41, 5.74) is 2.27. The molecule has 1 aromatic carbocycles. The summed E-state index contributed by atoms with van der Waals surface area (Å²) in [6, 6.07) is 11.5. The molecule has 0 saturated carbocycles. The average Bonchev–Trinajstić information content (AvgIpc) is 3.07. The summed E-state index contributed by atoms with van der Waals surface area (Å²) in [5, 5.41) is 8.14. The molecule has 146 valence electrons. The molecule has 0 radical (unpaired) electrons. The highest BCUT2D eigenvalue weighted by atomic mass is 32.1. The molecule has 1 saturated heterocycles. The molecule has 2 heterocycles. The lowest BCUT2D eigenvalue weighted by Crippen LogP contribution is -2.49. The Kier molecular flexibility index (Phi) is 6.85. The first-order valence-corrected chi connectivity index (χ1v) is 10.6. The van der Waals surface area contributed by atoms with Crippen LogP contribution in [-0.4, -0.2) is 48.1 Å². The van der Waals surface area contributed by atoms with Gasteiger partial charge in [-0.3, -0.25) is 4.99 Å². The van der Waals surface area contributed by atoms with Gasteiger partial charge in [-0.1, -0.05) is 30.3 Å². The first-order chi connectivity index (χ1) is 13.1. The van der Waals surface area contributed by atoms with E-state index in [-0.39, 0.29) is 0 Å². The molecule has 0 amide bonds. The zero-order valence-corrected chi connectivity index (χ0v) is 17.6. The molecule has 1 aliphatic rings. The van der Waals surface area contributed by atoms with Gasteiger partial charge in [0.25, 0.3) is 0 Å². The molecule has 6 heteroatoms. The first-order valence-electron chi connectivity index (χ1n) is 9.79. The van der Waals surface area contributed by atoms with E-state index in [0.29, 0.717) is 12.1 Å². The number of aryl methyl sites for hydroxylation is 1. The van der Waals surface area contributed by atoms with E-state index in [9.17, 15) is 0 Å². The highest BCUT2D eigenvalue weighted by Crippen LogP contribution is 2.27. The number of nitrogens with one attached hydrogen (secondary N) is 2. The first kappa shape index (κ1) is 19.8. The van der Waals surface area contributed by atoms with E-state index in [4.69, 9.17) is 4.98 Å². The molecule has 0 atom stereocenters. The van der Waals surface area contributed by atoms with Gasteiger partial charge in [-0.2, -0.15) is 0 Å². The van der Waals surface area contributed by atoms with E-state index in [0.717, 1.165) is 49.1 Å². The number of rotatable bonds is 5. The van der Waals surface area contributed by atoms with Crippen molar-refractivity contribution in [1.82, 2.24) is 20.5 Å². The largest absolute Gasteiger partial charge is 0.354 e. The number of thiazole rings is 1. The van der Waals surface area contributed by atoms with Crippen LogP contribution >= 0.6 is 11.3 Å². The molecule has 1 aromatic heterocycles. The van der Waals surface area contributed by atoms with Gasteiger partial charge >= 0.3 is 0 Å². The summed E-state index contributed by atoms with van der Waals surface area (Å²) < 4.78 is 0. The summed E-state index contributed by atoms with van der Waals surface area (Å²) in [7, 11) is 1.84. The summed E-state index contributed by atoms with van der Waals surface area (Å²) in [4.78, 5) is 12.9. The monoisotopic (exact) mass is 385 g/mol. The normalized spacial score (nSPS) is 16.7. The fraction of sp³-hybridized carbons (Fsp3) is 0.524. The molecule has 5 nitrogen and oxygen atoms in total. The Morgan fingerprint density at radius 3 is 2.59 bits per heavy atom. The maximum Gasteiger partial charge on any atom is 0.191 e. The van der Waals surface area contributed by atoms with E-state index >= 15 is 0 Å². The van der Waals surface area contributed by atoms with Crippen LogP contribution in [0.5, 0.6) is 0 Å². The highest BCUT2D eigenvalue weighted by Gasteiger charge is 2.21. The van der Waals surface area contributed by atoms with Gasteiger partial charge in [-0.05, 0) is 33.6 Å². The summed E-state index contributed by atoms with van der Waals surface area (Å²) in [6.45, 7) is 9.69. The van der Waals surface area contributed by atoms with E-state index in [1.165, 1.54) is 10.4 Å². The minimum Gasteiger partial charge on any atom is -0.354 e. The summed E-state index contributed by atoms with van der Waals surface area (Å²) in [5.74, 6) is 0.882. The Morgan fingerprint density at radius 1 is 1.26 bits per heavy atom. The topological polar surface area (TPSA) is 52.6 Å². The Bertz CT molecular complexity index is 745. The molecule has 3 rings (SSSR count). The van der Waals surface area contributed by atoms with E-state index < -0.39 is 0 Å². The SMILES string of the molecule is CN=C(NCc1sc(-c2ccccc2)nc1C)NC1CCN(C(C)C)CC1. The van der Waals surface area contributed by atoms with Gasteiger partial charge in [0.15, 0.2) is 5.96 Å². The Balaban J connectivity index is 1.54. The van der Waals surface area contributed by atoms with Crippen LogP contribution in [0.15, 0.2) is 35.3 Å². The van der Waals surface area contributed by atoms with Crippen molar-refractivity contribution in [3.63, 3.8) is 0 Å². The zero-order chi connectivity index (χ0) is 19.2. The van der Waals surface area contributed by atoms with Crippen molar-refractivity contribution in [2.24, 2.45) is 4.99 Å². The predicted molar refractivity (Wildman–Crippen MR) is 115 cm³/mol. The Labute approximate surface area is 166 Å². The van der Waals surface area contributed by atoms with Crippen molar-refractivity contribution in [3.8, 4) is 10.6 Å². The van der Waals surface area contributed by atoms with Crippen LogP contribution in [0.25, 0.3) is 10.6 Å². The van der Waals surface area contributed by atoms with Gasteiger partial charge in [0.1, 0.15) is 5.01 Å². The van der Waals surface area contributed by atoms with Crippen LogP contribution in [0.4, 0.5) is 0 Å². The molecule has 2 N–H and O–H groups in total. The van der Waals surface area contributed by atoms with Crippen molar-refractivity contribution in [2.75, 3.05) is 20.1 Å². The lowest BCUT2D eigenvalue weighted by atomic mass is 10.0. The molecular weight excluding hydrogens is 354 g/mol. The van der Waals surface area contributed by atoms with Gasteiger partial charge < -0.3 is 15.5 Å². The maximum atomic E-state index is 4.74. The van der Waals surface area contributed by atoms with Crippen LogP contribution in [0, 0.1) is 6.92 Å². The number of nitrogens with zero attached hydrogens (tertiary/aromatic N) is 3. The third-order valence-corrected chi connectivity index (χ3v) is 6.36. The van der Waals surface area contributed by atoms with Crippen LogP contribution in [0.3, 0.4) is 0 Å². The summed E-state index contributed by atoms with van der Waals surface area (Å²) in [6.07, 6.45) is 2.33. The predicted octanol–water partition coefficient (Wildman–Crippen LogP) is 3.66. The minimum atomic E-state index is 0.494. The smallest absolute Gasteiger partial charge is 0.191 e. The molecule has 27 heavy (non-hydrogen) atoms. The third kappa shape index (κ3) is 5.30. The molecule has 1 fully saturated rings. The van der Waals surface area contributed by atoms with Crippen LogP contribution < -0.4 is 10.6 Å². The number of benzene rings is 1. The van der Waals surface area contributed by atoms with E-state index in [1.807, 2.05) is 13.1 Å². The van der Waals surface area contributed by atoms with Gasteiger partial charge in [-0.25, -0.2) is 4.98 Å². The number of piperidine rings is 1. The highest BCUT2D eigenvalue weighted by molar-refractivity contribution is 7.15. The molecule has 1 aliphatic heterocycles. The second-order valence-corrected chi connectivity index (χ2v) is 8.45. The van der Waals surface area contributed by atoms with Crippen LogP contribution in [0.1, 0.15) is 37.3 Å². The fourth-order valence-corrected chi connectivity index (χ4v) is 4.42. The van der Waals surface area contributed by atoms with Crippen LogP contribution in [-0.2, 0) is 6.54 Å². The van der Waals surface area contributed by atoms with Crippen molar-refractivity contribution < 1.29 is 0 Å². The van der Waals surface area contributed by atoms with Gasteiger partial charge in [-0.15, -0.1) is 11.3 Å². The molecule has 0 bridgehead atoms.